The molecule has 2 atom stereocenters. The molecule has 5 rings (SSSR count). The zero-order valence-electron chi connectivity index (χ0n) is 15.0. The number of benzene rings is 1. The summed E-state index contributed by atoms with van der Waals surface area (Å²) < 4.78 is 27.9. The number of pyridine rings is 1. The Morgan fingerprint density at radius 3 is 2.78 bits per heavy atom. The second-order valence-corrected chi connectivity index (χ2v) is 9.50. The van der Waals surface area contributed by atoms with Crippen LogP contribution in [0.1, 0.15) is 17.2 Å². The minimum Gasteiger partial charge on any atom is -0.296 e. The molecule has 1 aromatic carbocycles. The van der Waals surface area contributed by atoms with Gasteiger partial charge in [0.2, 0.25) is 0 Å². The van der Waals surface area contributed by atoms with Crippen LogP contribution in [-0.2, 0) is 23.4 Å². The van der Waals surface area contributed by atoms with Crippen LogP contribution in [0.3, 0.4) is 0 Å². The molecule has 138 valence electrons. The normalized spacial score (nSPS) is 23.3. The van der Waals surface area contributed by atoms with Crippen molar-refractivity contribution in [3.8, 4) is 11.1 Å². The Hall–Kier alpha value is -2.51. The third kappa shape index (κ3) is 2.69. The fourth-order valence-electron chi connectivity index (χ4n) is 4.33. The number of nitrogens with zero attached hydrogens (tertiary/aromatic N) is 4. The first-order valence-corrected chi connectivity index (χ1v) is 10.6. The monoisotopic (exact) mass is 380 g/mol. The minimum absolute atomic E-state index is 0.0188. The van der Waals surface area contributed by atoms with E-state index in [0.717, 1.165) is 28.9 Å². The number of hydrogen-bond donors (Lipinski definition) is 0. The molecule has 0 radical (unpaired) electrons. The van der Waals surface area contributed by atoms with E-state index in [-0.39, 0.29) is 11.2 Å². The molecule has 1 fully saturated rings. The van der Waals surface area contributed by atoms with Gasteiger partial charge in [-0.25, -0.2) is 8.42 Å². The lowest BCUT2D eigenvalue weighted by Crippen LogP contribution is -2.26. The van der Waals surface area contributed by atoms with Crippen molar-refractivity contribution in [1.82, 2.24) is 19.7 Å². The van der Waals surface area contributed by atoms with Gasteiger partial charge in [-0.1, -0.05) is 12.1 Å². The summed E-state index contributed by atoms with van der Waals surface area (Å²) in [6, 6.07) is 11.5. The van der Waals surface area contributed by atoms with Crippen molar-refractivity contribution in [2.45, 2.75) is 22.6 Å². The molecule has 0 unspecified atom stereocenters. The minimum atomic E-state index is -3.28. The quantitative estimate of drug-likeness (QED) is 0.697. The Labute approximate surface area is 158 Å². The first-order chi connectivity index (χ1) is 13.0. The molecule has 1 saturated heterocycles. The molecule has 0 spiro atoms. The fraction of sp³-hybridized carbons (Fsp3) is 0.300. The molecule has 2 aliphatic heterocycles. The average Bonchev–Trinajstić information content (AvgIpc) is 3.33. The van der Waals surface area contributed by atoms with E-state index in [1.807, 2.05) is 49.8 Å². The van der Waals surface area contributed by atoms with Crippen molar-refractivity contribution in [1.29, 1.82) is 0 Å². The van der Waals surface area contributed by atoms with Crippen LogP contribution < -0.4 is 0 Å². The number of fused-ring (bicyclic) bond motifs is 3. The third-order valence-corrected chi connectivity index (χ3v) is 7.87. The maximum atomic E-state index is 13.1. The van der Waals surface area contributed by atoms with E-state index >= 15 is 0 Å². The smallest absolute Gasteiger partial charge is 0.183 e. The highest BCUT2D eigenvalue weighted by Crippen LogP contribution is 2.46. The summed E-state index contributed by atoms with van der Waals surface area (Å²) >= 11 is 0. The Kier molecular flexibility index (Phi) is 3.70. The number of aromatic nitrogens is 3. The molecule has 6 nitrogen and oxygen atoms in total. The lowest BCUT2D eigenvalue weighted by molar-refractivity contribution is 0.321. The van der Waals surface area contributed by atoms with Crippen LogP contribution in [0.2, 0.25) is 0 Å². The molecule has 2 aromatic heterocycles. The predicted octanol–water partition coefficient (Wildman–Crippen LogP) is 2.24. The van der Waals surface area contributed by atoms with Gasteiger partial charge in [0.25, 0.3) is 0 Å². The molecule has 0 N–H and O–H groups in total. The summed E-state index contributed by atoms with van der Waals surface area (Å²) in [7, 11) is -1.41. The van der Waals surface area contributed by atoms with E-state index in [1.165, 1.54) is 0 Å². The van der Waals surface area contributed by atoms with Crippen LogP contribution >= 0.6 is 0 Å². The van der Waals surface area contributed by atoms with Crippen molar-refractivity contribution in [3.05, 3.63) is 66.2 Å². The van der Waals surface area contributed by atoms with Crippen LogP contribution in [0.5, 0.6) is 0 Å². The molecule has 0 bridgehead atoms. The number of likely N-dealkylation sites (tertiary alicyclic amines) is 1. The van der Waals surface area contributed by atoms with Crippen LogP contribution in [0.25, 0.3) is 11.1 Å². The summed E-state index contributed by atoms with van der Waals surface area (Å²) in [5.74, 6) is 0.0188. The second-order valence-electron chi connectivity index (χ2n) is 7.36. The summed E-state index contributed by atoms with van der Waals surface area (Å²) in [6.45, 7) is 1.98. The number of aryl methyl sites for hydroxylation is 1. The zero-order valence-corrected chi connectivity index (χ0v) is 15.8. The van der Waals surface area contributed by atoms with Gasteiger partial charge in [-0.15, -0.1) is 0 Å². The van der Waals surface area contributed by atoms with Gasteiger partial charge in [0.1, 0.15) is 0 Å². The van der Waals surface area contributed by atoms with E-state index in [4.69, 9.17) is 0 Å². The maximum absolute atomic E-state index is 13.1. The topological polar surface area (TPSA) is 68.1 Å². The van der Waals surface area contributed by atoms with Gasteiger partial charge in [-0.2, -0.15) is 5.10 Å². The van der Waals surface area contributed by atoms with Gasteiger partial charge < -0.3 is 0 Å². The molecule has 7 heteroatoms. The van der Waals surface area contributed by atoms with Crippen LogP contribution in [0.4, 0.5) is 0 Å². The molecule has 0 saturated carbocycles. The lowest BCUT2D eigenvalue weighted by atomic mass is 9.95. The molecular weight excluding hydrogens is 360 g/mol. The Balaban J connectivity index is 1.48. The molecule has 0 amide bonds. The van der Waals surface area contributed by atoms with Crippen molar-refractivity contribution in [2.24, 2.45) is 7.05 Å². The van der Waals surface area contributed by atoms with Crippen LogP contribution in [0, 0.1) is 0 Å². The Morgan fingerprint density at radius 2 is 2.04 bits per heavy atom. The van der Waals surface area contributed by atoms with E-state index < -0.39 is 9.84 Å². The van der Waals surface area contributed by atoms with E-state index in [9.17, 15) is 8.42 Å². The number of rotatable bonds is 3. The first-order valence-electron chi connectivity index (χ1n) is 9.01. The summed E-state index contributed by atoms with van der Waals surface area (Å²) in [5, 5.41) is 3.86. The zero-order chi connectivity index (χ0) is 18.6. The van der Waals surface area contributed by atoms with E-state index in [0.29, 0.717) is 18.0 Å². The standard InChI is InChI=1S/C20H20N4O2S/c1-23-10-15(9-22-23)14-5-6-19-17(8-14)18-12-24(13-20(18)27(19,25)26)11-16-4-2-3-7-21-16/h2-10,18,20H,11-13H2,1H3/t18-,20+/m0/s1. The molecule has 27 heavy (non-hydrogen) atoms. The highest BCUT2D eigenvalue weighted by Gasteiger charge is 2.50. The first kappa shape index (κ1) is 16.6. The van der Waals surface area contributed by atoms with E-state index in [1.54, 1.807) is 16.9 Å². The van der Waals surface area contributed by atoms with Crippen molar-refractivity contribution in [2.75, 3.05) is 13.1 Å². The van der Waals surface area contributed by atoms with Gasteiger partial charge in [0.15, 0.2) is 9.84 Å². The Bertz CT molecular complexity index is 1110. The molecule has 0 aliphatic carbocycles. The van der Waals surface area contributed by atoms with Gasteiger partial charge >= 0.3 is 0 Å². The second kappa shape index (κ2) is 6.00. The summed E-state index contributed by atoms with van der Waals surface area (Å²) in [6.07, 6.45) is 5.54. The number of hydrogen-bond acceptors (Lipinski definition) is 5. The van der Waals surface area contributed by atoms with Crippen molar-refractivity contribution in [3.63, 3.8) is 0 Å². The third-order valence-electron chi connectivity index (χ3n) is 5.61. The van der Waals surface area contributed by atoms with Gasteiger partial charge in [0, 0.05) is 50.6 Å². The molecule has 4 heterocycles. The van der Waals surface area contributed by atoms with E-state index in [2.05, 4.69) is 15.0 Å². The highest BCUT2D eigenvalue weighted by molar-refractivity contribution is 7.92. The molecule has 3 aromatic rings. The van der Waals surface area contributed by atoms with Gasteiger partial charge in [-0.05, 0) is 35.4 Å². The average molecular weight is 380 g/mol. The SMILES string of the molecule is Cn1cc(-c2ccc3c(c2)[C@@H]2CN(Cc4ccccn4)C[C@H]2S3(=O)=O)cn1. The summed E-state index contributed by atoms with van der Waals surface area (Å²) in [5.41, 5.74) is 3.94. The van der Waals surface area contributed by atoms with Crippen molar-refractivity contribution < 1.29 is 8.42 Å². The molecule has 2 aliphatic rings. The fourth-order valence-corrected chi connectivity index (χ4v) is 6.52. The Morgan fingerprint density at radius 1 is 1.15 bits per heavy atom. The maximum Gasteiger partial charge on any atom is 0.183 e. The largest absolute Gasteiger partial charge is 0.296 e. The number of sulfone groups is 1. The van der Waals surface area contributed by atoms with Crippen LogP contribution in [0.15, 0.2) is 59.9 Å². The van der Waals surface area contributed by atoms with Gasteiger partial charge in [-0.3, -0.25) is 14.6 Å². The lowest BCUT2D eigenvalue weighted by Gasteiger charge is -2.17. The summed E-state index contributed by atoms with van der Waals surface area (Å²) in [4.78, 5) is 7.08. The van der Waals surface area contributed by atoms with Crippen molar-refractivity contribution >= 4 is 9.84 Å². The molecular formula is C20H20N4O2S. The van der Waals surface area contributed by atoms with Gasteiger partial charge in [0.05, 0.1) is 22.0 Å². The predicted molar refractivity (Wildman–Crippen MR) is 102 cm³/mol. The van der Waals surface area contributed by atoms with Crippen LogP contribution in [-0.4, -0.2) is 46.4 Å². The highest BCUT2D eigenvalue weighted by atomic mass is 32.2.